The van der Waals surface area contributed by atoms with Gasteiger partial charge in [-0.15, -0.1) is 0 Å². The van der Waals surface area contributed by atoms with Gasteiger partial charge < -0.3 is 5.32 Å². The summed E-state index contributed by atoms with van der Waals surface area (Å²) in [5.74, 6) is 1.63. The van der Waals surface area contributed by atoms with E-state index in [0.717, 1.165) is 23.1 Å². The van der Waals surface area contributed by atoms with Crippen LogP contribution in [-0.4, -0.2) is 11.0 Å². The highest BCUT2D eigenvalue weighted by Gasteiger charge is 2.39. The quantitative estimate of drug-likeness (QED) is 0.668. The molecule has 2 saturated carbocycles. The number of rotatable bonds is 3. The SMILES string of the molecule is Cc1cc([N+](=O)[O-])c(Cl)cc1NC1CC2CCC1C2. The Bertz CT molecular complexity index is 532. The normalized spacial score (nSPS) is 28.6. The Morgan fingerprint density at radius 3 is 2.74 bits per heavy atom. The van der Waals surface area contributed by atoms with Gasteiger partial charge in [-0.25, -0.2) is 0 Å². The lowest BCUT2D eigenvalue weighted by molar-refractivity contribution is -0.384. The van der Waals surface area contributed by atoms with E-state index in [0.29, 0.717) is 6.04 Å². The van der Waals surface area contributed by atoms with Crippen molar-refractivity contribution in [3.8, 4) is 0 Å². The number of halogens is 1. The monoisotopic (exact) mass is 280 g/mol. The molecule has 0 saturated heterocycles. The minimum absolute atomic E-state index is 0.0161. The Labute approximate surface area is 117 Å². The van der Waals surface area contributed by atoms with Crippen LogP contribution in [0.4, 0.5) is 11.4 Å². The molecule has 3 atom stereocenters. The summed E-state index contributed by atoms with van der Waals surface area (Å²) in [7, 11) is 0. The zero-order chi connectivity index (χ0) is 13.6. The van der Waals surface area contributed by atoms with Crippen molar-refractivity contribution in [2.24, 2.45) is 11.8 Å². The molecular weight excluding hydrogens is 264 g/mol. The topological polar surface area (TPSA) is 55.2 Å². The van der Waals surface area contributed by atoms with E-state index >= 15 is 0 Å². The average molecular weight is 281 g/mol. The minimum Gasteiger partial charge on any atom is -0.382 e. The predicted octanol–water partition coefficient (Wildman–Crippen LogP) is 4.16. The largest absolute Gasteiger partial charge is 0.382 e. The van der Waals surface area contributed by atoms with E-state index in [2.05, 4.69) is 5.32 Å². The highest BCUT2D eigenvalue weighted by atomic mass is 35.5. The highest BCUT2D eigenvalue weighted by molar-refractivity contribution is 6.33. The first-order valence-electron chi connectivity index (χ1n) is 6.75. The van der Waals surface area contributed by atoms with Gasteiger partial charge in [-0.2, -0.15) is 0 Å². The highest BCUT2D eigenvalue weighted by Crippen LogP contribution is 2.46. The predicted molar refractivity (Wildman–Crippen MR) is 75.7 cm³/mol. The van der Waals surface area contributed by atoms with E-state index in [4.69, 9.17) is 11.6 Å². The van der Waals surface area contributed by atoms with Gasteiger partial charge in [0, 0.05) is 17.8 Å². The van der Waals surface area contributed by atoms with Crippen LogP contribution in [0.25, 0.3) is 0 Å². The number of aryl methyl sites for hydroxylation is 1. The van der Waals surface area contributed by atoms with Crippen LogP contribution < -0.4 is 5.32 Å². The lowest BCUT2D eigenvalue weighted by Gasteiger charge is -2.25. The first-order chi connectivity index (χ1) is 9.04. The molecule has 1 aromatic carbocycles. The van der Waals surface area contributed by atoms with Crippen LogP contribution in [0.2, 0.25) is 5.02 Å². The summed E-state index contributed by atoms with van der Waals surface area (Å²) >= 11 is 5.98. The van der Waals surface area contributed by atoms with Crippen LogP contribution in [0.3, 0.4) is 0 Å². The van der Waals surface area contributed by atoms with Crippen molar-refractivity contribution in [3.05, 3.63) is 32.8 Å². The van der Waals surface area contributed by atoms with Gasteiger partial charge >= 0.3 is 0 Å². The van der Waals surface area contributed by atoms with Crippen LogP contribution in [-0.2, 0) is 0 Å². The summed E-state index contributed by atoms with van der Waals surface area (Å²) in [6.07, 6.45) is 5.22. The molecule has 1 aromatic rings. The molecule has 0 spiro atoms. The van der Waals surface area contributed by atoms with Gasteiger partial charge in [0.1, 0.15) is 5.02 Å². The number of nitro groups is 1. The molecule has 1 N–H and O–H groups in total. The Morgan fingerprint density at radius 2 is 2.16 bits per heavy atom. The maximum Gasteiger partial charge on any atom is 0.288 e. The first-order valence-corrected chi connectivity index (χ1v) is 7.13. The summed E-state index contributed by atoms with van der Waals surface area (Å²) in [4.78, 5) is 10.4. The summed E-state index contributed by atoms with van der Waals surface area (Å²) in [6, 6.07) is 3.76. The maximum atomic E-state index is 10.8. The number of nitrogens with zero attached hydrogens (tertiary/aromatic N) is 1. The number of nitro benzene ring substituents is 1. The molecule has 0 radical (unpaired) electrons. The molecule has 102 valence electrons. The number of anilines is 1. The van der Waals surface area contributed by atoms with Gasteiger partial charge in [0.15, 0.2) is 0 Å². The van der Waals surface area contributed by atoms with Crippen molar-refractivity contribution in [2.75, 3.05) is 5.32 Å². The molecule has 0 aromatic heterocycles. The third kappa shape index (κ3) is 2.29. The van der Waals surface area contributed by atoms with E-state index < -0.39 is 4.92 Å². The first kappa shape index (κ1) is 12.7. The molecule has 2 fully saturated rings. The fourth-order valence-electron chi connectivity index (χ4n) is 3.58. The minimum atomic E-state index is -0.434. The van der Waals surface area contributed by atoms with Gasteiger partial charge in [-0.1, -0.05) is 18.0 Å². The number of hydrogen-bond donors (Lipinski definition) is 1. The number of fused-ring (bicyclic) bond motifs is 2. The number of nitrogens with one attached hydrogen (secondary N) is 1. The lowest BCUT2D eigenvalue weighted by atomic mass is 9.95. The smallest absolute Gasteiger partial charge is 0.288 e. The molecule has 4 nitrogen and oxygen atoms in total. The molecule has 2 aliphatic rings. The molecule has 2 bridgehead atoms. The summed E-state index contributed by atoms with van der Waals surface area (Å²) in [6.45, 7) is 1.89. The fourth-order valence-corrected chi connectivity index (χ4v) is 3.82. The Hall–Kier alpha value is -1.29. The second-order valence-electron chi connectivity index (χ2n) is 5.80. The van der Waals surface area contributed by atoms with E-state index in [-0.39, 0.29) is 10.7 Å². The standard InChI is InChI=1S/C14H17ClN2O2/c1-8-4-14(17(18)19)11(15)7-12(8)16-13-6-9-2-3-10(13)5-9/h4,7,9-10,13,16H,2-3,5-6H2,1H3. The second kappa shape index (κ2) is 4.67. The molecule has 5 heteroatoms. The van der Waals surface area contributed by atoms with E-state index in [1.165, 1.54) is 25.7 Å². The summed E-state index contributed by atoms with van der Waals surface area (Å²) in [5.41, 5.74) is 1.81. The van der Waals surface area contributed by atoms with Crippen molar-refractivity contribution in [1.29, 1.82) is 0 Å². The Balaban J connectivity index is 1.81. The molecule has 0 heterocycles. The molecule has 3 rings (SSSR count). The third-order valence-electron chi connectivity index (χ3n) is 4.57. The van der Waals surface area contributed by atoms with E-state index in [1.807, 2.05) is 6.92 Å². The second-order valence-corrected chi connectivity index (χ2v) is 6.21. The van der Waals surface area contributed by atoms with Crippen molar-refractivity contribution in [2.45, 2.75) is 38.6 Å². The number of benzene rings is 1. The number of hydrogen-bond acceptors (Lipinski definition) is 3. The molecular formula is C14H17ClN2O2. The van der Waals surface area contributed by atoms with Gasteiger partial charge in [0.25, 0.3) is 5.69 Å². The zero-order valence-corrected chi connectivity index (χ0v) is 11.6. The molecule has 19 heavy (non-hydrogen) atoms. The zero-order valence-electron chi connectivity index (χ0n) is 10.9. The maximum absolute atomic E-state index is 10.8. The van der Waals surface area contributed by atoms with Gasteiger partial charge in [0.05, 0.1) is 4.92 Å². The third-order valence-corrected chi connectivity index (χ3v) is 4.87. The van der Waals surface area contributed by atoms with Gasteiger partial charge in [-0.3, -0.25) is 10.1 Å². The Morgan fingerprint density at radius 1 is 1.37 bits per heavy atom. The van der Waals surface area contributed by atoms with Crippen LogP contribution >= 0.6 is 11.6 Å². The van der Waals surface area contributed by atoms with Crippen molar-refractivity contribution in [3.63, 3.8) is 0 Å². The van der Waals surface area contributed by atoms with Crippen molar-refractivity contribution >= 4 is 23.0 Å². The van der Waals surface area contributed by atoms with Crippen LogP contribution in [0, 0.1) is 28.9 Å². The van der Waals surface area contributed by atoms with Crippen molar-refractivity contribution < 1.29 is 4.92 Å². The summed E-state index contributed by atoms with van der Waals surface area (Å²) < 4.78 is 0. The van der Waals surface area contributed by atoms with Crippen LogP contribution in [0.5, 0.6) is 0 Å². The van der Waals surface area contributed by atoms with Crippen LogP contribution in [0.15, 0.2) is 12.1 Å². The Kier molecular flexibility index (Phi) is 3.13. The van der Waals surface area contributed by atoms with Crippen molar-refractivity contribution in [1.82, 2.24) is 0 Å². The summed E-state index contributed by atoms with van der Waals surface area (Å²) in [5, 5.41) is 14.6. The van der Waals surface area contributed by atoms with E-state index in [9.17, 15) is 10.1 Å². The van der Waals surface area contributed by atoms with Crippen LogP contribution in [0.1, 0.15) is 31.2 Å². The van der Waals surface area contributed by atoms with E-state index in [1.54, 1.807) is 12.1 Å². The molecule has 0 aliphatic heterocycles. The molecule has 0 amide bonds. The van der Waals surface area contributed by atoms with Gasteiger partial charge in [0.2, 0.25) is 0 Å². The average Bonchev–Trinajstić information content (AvgIpc) is 2.95. The molecule has 2 aliphatic carbocycles. The lowest BCUT2D eigenvalue weighted by Crippen LogP contribution is -2.26. The fraction of sp³-hybridized carbons (Fsp3) is 0.571. The van der Waals surface area contributed by atoms with Gasteiger partial charge in [-0.05, 0) is 49.7 Å². The molecule has 3 unspecified atom stereocenters.